The molecule has 25 heavy (non-hydrogen) atoms. The summed E-state index contributed by atoms with van der Waals surface area (Å²) in [5, 5.41) is 4.44. The van der Waals surface area contributed by atoms with Crippen LogP contribution in [0.4, 0.5) is 11.4 Å². The molecular weight excluding hydrogens is 408 g/mol. The molecule has 0 spiro atoms. The molecule has 130 valence electrons. The van der Waals surface area contributed by atoms with E-state index in [0.717, 1.165) is 10.2 Å². The number of ether oxygens (including phenoxy) is 1. The van der Waals surface area contributed by atoms with Gasteiger partial charge < -0.3 is 15.0 Å². The van der Waals surface area contributed by atoms with Gasteiger partial charge in [-0.05, 0) is 35.7 Å². The molecule has 1 aromatic heterocycles. The van der Waals surface area contributed by atoms with Gasteiger partial charge in [0.15, 0.2) is 0 Å². The number of amides is 2. The number of esters is 1. The molecule has 0 bridgehead atoms. The topological polar surface area (TPSA) is 75.7 Å². The molecule has 1 aliphatic heterocycles. The quantitative estimate of drug-likeness (QED) is 0.766. The van der Waals surface area contributed by atoms with Crippen molar-refractivity contribution in [1.82, 2.24) is 0 Å². The average molecular weight is 423 g/mol. The fourth-order valence-electron chi connectivity index (χ4n) is 2.65. The number of halogens is 1. The van der Waals surface area contributed by atoms with E-state index < -0.39 is 11.9 Å². The van der Waals surface area contributed by atoms with Crippen LogP contribution >= 0.6 is 27.3 Å². The largest absolute Gasteiger partial charge is 0.465 e. The van der Waals surface area contributed by atoms with E-state index in [2.05, 4.69) is 21.2 Å². The summed E-state index contributed by atoms with van der Waals surface area (Å²) in [5.74, 6) is -1.34. The van der Waals surface area contributed by atoms with E-state index in [0.29, 0.717) is 17.1 Å². The molecule has 1 N–H and O–H groups in total. The van der Waals surface area contributed by atoms with Gasteiger partial charge in [-0.1, -0.05) is 15.9 Å². The molecule has 8 heteroatoms. The summed E-state index contributed by atoms with van der Waals surface area (Å²) in [6, 6.07) is 9.01. The summed E-state index contributed by atoms with van der Waals surface area (Å²) >= 11 is 4.55. The van der Waals surface area contributed by atoms with Crippen LogP contribution in [0.1, 0.15) is 16.1 Å². The molecule has 2 heterocycles. The highest BCUT2D eigenvalue weighted by atomic mass is 79.9. The standard InChI is InChI=1S/C17H15BrN2O4S/c1-24-17(23)15-13(6-7-25-15)19-16(22)10-8-14(21)20(9-10)12-4-2-11(18)3-5-12/h2-7,10H,8-9H2,1H3,(H,19,22)/t10-/m0/s1. The van der Waals surface area contributed by atoms with Gasteiger partial charge in [-0.3, -0.25) is 9.59 Å². The second-order valence-corrected chi connectivity index (χ2v) is 7.36. The van der Waals surface area contributed by atoms with Gasteiger partial charge in [0, 0.05) is 23.1 Å². The Balaban J connectivity index is 1.70. The lowest BCUT2D eigenvalue weighted by molar-refractivity contribution is -0.122. The minimum absolute atomic E-state index is 0.0963. The van der Waals surface area contributed by atoms with Gasteiger partial charge in [0.25, 0.3) is 0 Å². The van der Waals surface area contributed by atoms with Crippen molar-refractivity contribution in [2.45, 2.75) is 6.42 Å². The molecule has 1 aromatic carbocycles. The van der Waals surface area contributed by atoms with Crippen LogP contribution in [0.2, 0.25) is 0 Å². The molecule has 0 unspecified atom stereocenters. The monoisotopic (exact) mass is 422 g/mol. The highest BCUT2D eigenvalue weighted by Crippen LogP contribution is 2.29. The number of carbonyl (C=O) groups is 3. The van der Waals surface area contributed by atoms with Crippen LogP contribution in [0.3, 0.4) is 0 Å². The van der Waals surface area contributed by atoms with Gasteiger partial charge in [0.05, 0.1) is 18.7 Å². The van der Waals surface area contributed by atoms with Gasteiger partial charge in [0.2, 0.25) is 11.8 Å². The maximum atomic E-state index is 12.5. The number of nitrogens with zero attached hydrogens (tertiary/aromatic N) is 1. The minimum atomic E-state index is -0.496. The molecular formula is C17H15BrN2O4S. The second kappa shape index (κ2) is 7.37. The SMILES string of the molecule is COC(=O)c1sccc1NC(=O)[C@H]1CC(=O)N(c2ccc(Br)cc2)C1. The van der Waals surface area contributed by atoms with Crippen molar-refractivity contribution in [2.75, 3.05) is 23.9 Å². The van der Waals surface area contributed by atoms with Crippen molar-refractivity contribution in [3.63, 3.8) is 0 Å². The highest BCUT2D eigenvalue weighted by Gasteiger charge is 2.35. The van der Waals surface area contributed by atoms with Crippen LogP contribution in [0.5, 0.6) is 0 Å². The predicted octanol–water partition coefficient (Wildman–Crippen LogP) is 3.29. The van der Waals surface area contributed by atoms with E-state index in [4.69, 9.17) is 4.74 Å². The molecule has 0 aliphatic carbocycles. The van der Waals surface area contributed by atoms with E-state index in [1.165, 1.54) is 18.4 Å². The van der Waals surface area contributed by atoms with E-state index >= 15 is 0 Å². The maximum absolute atomic E-state index is 12.5. The van der Waals surface area contributed by atoms with Crippen molar-refractivity contribution < 1.29 is 19.1 Å². The zero-order valence-electron chi connectivity index (χ0n) is 13.3. The summed E-state index contributed by atoms with van der Waals surface area (Å²) in [4.78, 5) is 38.4. The lowest BCUT2D eigenvalue weighted by Crippen LogP contribution is -2.28. The van der Waals surface area contributed by atoms with Crippen molar-refractivity contribution >= 4 is 56.4 Å². The Morgan fingerprint density at radius 2 is 2.00 bits per heavy atom. The normalized spacial score (nSPS) is 16.8. The number of nitrogens with one attached hydrogen (secondary N) is 1. The van der Waals surface area contributed by atoms with Crippen molar-refractivity contribution in [3.05, 3.63) is 45.1 Å². The Morgan fingerprint density at radius 3 is 2.68 bits per heavy atom. The fraction of sp³-hybridized carbons (Fsp3) is 0.235. The first kappa shape index (κ1) is 17.6. The number of carbonyl (C=O) groups excluding carboxylic acids is 3. The molecule has 2 aromatic rings. The summed E-state index contributed by atoms with van der Waals surface area (Å²) in [6.07, 6.45) is 0.138. The highest BCUT2D eigenvalue weighted by molar-refractivity contribution is 9.10. The first-order chi connectivity index (χ1) is 12.0. The lowest BCUT2D eigenvalue weighted by atomic mass is 10.1. The Kier molecular flexibility index (Phi) is 5.19. The fourth-order valence-corrected chi connectivity index (χ4v) is 3.68. The first-order valence-electron chi connectivity index (χ1n) is 7.52. The number of thiophene rings is 1. The summed E-state index contributed by atoms with van der Waals surface area (Å²) in [5.41, 5.74) is 1.17. The second-order valence-electron chi connectivity index (χ2n) is 5.53. The predicted molar refractivity (Wildman–Crippen MR) is 98.9 cm³/mol. The van der Waals surface area contributed by atoms with Crippen LogP contribution in [0.25, 0.3) is 0 Å². The minimum Gasteiger partial charge on any atom is -0.465 e. The van der Waals surface area contributed by atoms with Crippen LogP contribution in [0, 0.1) is 5.92 Å². The third kappa shape index (κ3) is 3.74. The third-order valence-electron chi connectivity index (χ3n) is 3.93. The Bertz CT molecular complexity index is 818. The Hall–Kier alpha value is -2.19. The van der Waals surface area contributed by atoms with Gasteiger partial charge in [-0.2, -0.15) is 0 Å². The summed E-state index contributed by atoms with van der Waals surface area (Å²) in [6.45, 7) is 0.310. The maximum Gasteiger partial charge on any atom is 0.350 e. The van der Waals surface area contributed by atoms with Crippen molar-refractivity contribution in [3.8, 4) is 0 Å². The van der Waals surface area contributed by atoms with E-state index in [1.54, 1.807) is 16.3 Å². The zero-order chi connectivity index (χ0) is 18.0. The molecule has 3 rings (SSSR count). The van der Waals surface area contributed by atoms with Gasteiger partial charge >= 0.3 is 5.97 Å². The third-order valence-corrected chi connectivity index (χ3v) is 5.35. The molecule has 0 radical (unpaired) electrons. The van der Waals surface area contributed by atoms with Crippen LogP contribution in [0.15, 0.2) is 40.2 Å². The van der Waals surface area contributed by atoms with Gasteiger partial charge in [-0.15, -0.1) is 11.3 Å². The van der Waals surface area contributed by atoms with Crippen molar-refractivity contribution in [2.24, 2.45) is 5.92 Å². The number of hydrogen-bond acceptors (Lipinski definition) is 5. The molecule has 2 amide bonds. The molecule has 1 fully saturated rings. The Labute approximate surface area is 156 Å². The van der Waals surface area contributed by atoms with Crippen LogP contribution < -0.4 is 10.2 Å². The Morgan fingerprint density at radius 1 is 1.28 bits per heavy atom. The molecule has 1 saturated heterocycles. The number of hydrogen-bond donors (Lipinski definition) is 1. The lowest BCUT2D eigenvalue weighted by Gasteiger charge is -2.16. The summed E-state index contributed by atoms with van der Waals surface area (Å²) in [7, 11) is 1.29. The van der Waals surface area contributed by atoms with Gasteiger partial charge in [0.1, 0.15) is 4.88 Å². The number of benzene rings is 1. The summed E-state index contributed by atoms with van der Waals surface area (Å²) < 4.78 is 5.62. The average Bonchev–Trinajstić information content (AvgIpc) is 3.21. The van der Waals surface area contributed by atoms with Gasteiger partial charge in [-0.25, -0.2) is 4.79 Å². The van der Waals surface area contributed by atoms with Crippen LogP contribution in [-0.2, 0) is 14.3 Å². The van der Waals surface area contributed by atoms with E-state index in [-0.39, 0.29) is 18.2 Å². The number of methoxy groups -OCH3 is 1. The van der Waals surface area contributed by atoms with Crippen molar-refractivity contribution in [1.29, 1.82) is 0 Å². The van der Waals surface area contributed by atoms with E-state index in [9.17, 15) is 14.4 Å². The molecule has 0 saturated carbocycles. The number of anilines is 2. The smallest absolute Gasteiger partial charge is 0.350 e. The zero-order valence-corrected chi connectivity index (χ0v) is 15.7. The molecule has 6 nitrogen and oxygen atoms in total. The number of rotatable bonds is 4. The molecule has 1 aliphatic rings. The molecule has 1 atom stereocenters. The first-order valence-corrected chi connectivity index (χ1v) is 9.19. The van der Waals surface area contributed by atoms with E-state index in [1.807, 2.05) is 24.3 Å². The van der Waals surface area contributed by atoms with Crippen LogP contribution in [-0.4, -0.2) is 31.4 Å².